The van der Waals surface area contributed by atoms with E-state index >= 15 is 0 Å². The van der Waals surface area contributed by atoms with Gasteiger partial charge in [0.15, 0.2) is 5.84 Å². The molecule has 0 spiro atoms. The van der Waals surface area contributed by atoms with E-state index in [0.29, 0.717) is 12.0 Å². The monoisotopic (exact) mass is 400 g/mol. The van der Waals surface area contributed by atoms with Gasteiger partial charge in [-0.1, -0.05) is 0 Å². The quantitative estimate of drug-likeness (QED) is 0.525. The summed E-state index contributed by atoms with van der Waals surface area (Å²) in [6, 6.07) is 1.07. The molecule has 1 saturated carbocycles. The van der Waals surface area contributed by atoms with Crippen LogP contribution in [0.2, 0.25) is 0 Å². The van der Waals surface area contributed by atoms with E-state index in [0.717, 1.165) is 75.2 Å². The molecule has 0 radical (unpaired) electrons. The van der Waals surface area contributed by atoms with Crippen molar-refractivity contribution in [2.24, 2.45) is 9.98 Å². The largest absolute Gasteiger partial charge is 0.381 e. The van der Waals surface area contributed by atoms with Crippen LogP contribution in [0.3, 0.4) is 0 Å². The number of hydrogen-bond acceptors (Lipinski definition) is 5. The summed E-state index contributed by atoms with van der Waals surface area (Å²) in [4.78, 5) is 15.5. The Morgan fingerprint density at radius 2 is 1.86 bits per heavy atom. The number of anilines is 1. The van der Waals surface area contributed by atoms with Gasteiger partial charge in [-0.25, -0.2) is 4.99 Å². The van der Waals surface area contributed by atoms with Crippen LogP contribution in [0.5, 0.6) is 0 Å². The Bertz CT molecular complexity index is 694. The smallest absolute Gasteiger partial charge is 0.158 e. The van der Waals surface area contributed by atoms with Gasteiger partial charge in [-0.2, -0.15) is 0 Å². The molecule has 1 aliphatic carbocycles. The van der Waals surface area contributed by atoms with Crippen LogP contribution in [0.15, 0.2) is 16.2 Å². The Kier molecular flexibility index (Phi) is 7.00. The molecular weight excluding hydrogens is 364 g/mol. The van der Waals surface area contributed by atoms with E-state index in [4.69, 9.17) is 9.73 Å². The number of nitrogens with one attached hydrogen (secondary N) is 3. The third-order valence-electron chi connectivity index (χ3n) is 6.83. The number of hydrogen-bond donors (Lipinski definition) is 3. The normalized spacial score (nSPS) is 27.7. The number of amidine groups is 1. The van der Waals surface area contributed by atoms with Gasteiger partial charge < -0.3 is 20.4 Å². The van der Waals surface area contributed by atoms with Crippen LogP contribution >= 0.6 is 0 Å². The lowest BCUT2D eigenvalue weighted by Gasteiger charge is -2.38. The van der Waals surface area contributed by atoms with Crippen molar-refractivity contribution >= 4 is 18.4 Å². The molecule has 29 heavy (non-hydrogen) atoms. The van der Waals surface area contributed by atoms with E-state index in [1.54, 1.807) is 0 Å². The minimum atomic E-state index is 0.344. The van der Waals surface area contributed by atoms with Crippen molar-refractivity contribution in [2.75, 3.05) is 51.8 Å². The molecule has 2 saturated heterocycles. The molecule has 0 aromatic carbocycles. The Morgan fingerprint density at radius 3 is 2.52 bits per heavy atom. The summed E-state index contributed by atoms with van der Waals surface area (Å²) in [7, 11) is 1.95. The Labute approximate surface area is 174 Å². The highest BCUT2D eigenvalue weighted by Gasteiger charge is 2.28. The molecule has 0 bridgehead atoms. The van der Waals surface area contributed by atoms with Crippen LogP contribution in [0.25, 0.3) is 0 Å². The number of H-pyrrole nitrogens is 1. The zero-order valence-corrected chi connectivity index (χ0v) is 17.8. The van der Waals surface area contributed by atoms with Crippen LogP contribution in [0.4, 0.5) is 5.82 Å². The van der Waals surface area contributed by atoms with Crippen molar-refractivity contribution < 1.29 is 4.74 Å². The van der Waals surface area contributed by atoms with E-state index in [9.17, 15) is 0 Å². The fourth-order valence-electron chi connectivity index (χ4n) is 5.16. The van der Waals surface area contributed by atoms with Crippen molar-refractivity contribution in [3.8, 4) is 0 Å². The number of rotatable bonds is 5. The third kappa shape index (κ3) is 4.73. The fourth-order valence-corrected chi connectivity index (χ4v) is 5.16. The molecule has 2 aliphatic heterocycles. The lowest BCUT2D eigenvalue weighted by Crippen LogP contribution is -2.49. The highest BCUT2D eigenvalue weighted by Crippen LogP contribution is 2.34. The Hall–Kier alpha value is -1.70. The van der Waals surface area contributed by atoms with Gasteiger partial charge in [0.1, 0.15) is 5.82 Å². The molecule has 3 fully saturated rings. The van der Waals surface area contributed by atoms with Gasteiger partial charge >= 0.3 is 0 Å². The molecule has 0 amide bonds. The first-order chi connectivity index (χ1) is 14.3. The van der Waals surface area contributed by atoms with Crippen LogP contribution < -0.4 is 10.6 Å². The maximum atomic E-state index is 5.56. The molecular formula is C22H36N6O. The summed E-state index contributed by atoms with van der Waals surface area (Å²) in [5.41, 5.74) is 2.41. The topological polar surface area (TPSA) is 77.0 Å². The standard InChI is InChI=1S/C22H36N6O/c1-23-21-20(19(15-26-21)16-7-13-29-14-8-16)22(24-2)27-17-3-5-18(6-4-17)28-11-9-25-10-12-28/h15-18,23,25-26H,2-14H2,1H3. The molecule has 0 atom stereocenters. The summed E-state index contributed by atoms with van der Waals surface area (Å²) in [6.45, 7) is 10.1. The molecule has 4 rings (SSSR count). The average molecular weight is 401 g/mol. The van der Waals surface area contributed by atoms with E-state index < -0.39 is 0 Å². The molecule has 160 valence electrons. The van der Waals surface area contributed by atoms with E-state index in [1.807, 2.05) is 7.05 Å². The Balaban J connectivity index is 1.48. The lowest BCUT2D eigenvalue weighted by atomic mass is 9.89. The van der Waals surface area contributed by atoms with E-state index in [2.05, 4.69) is 38.4 Å². The van der Waals surface area contributed by atoms with Gasteiger partial charge in [0.25, 0.3) is 0 Å². The summed E-state index contributed by atoms with van der Waals surface area (Å²) >= 11 is 0. The van der Waals surface area contributed by atoms with Gasteiger partial charge in [0.2, 0.25) is 0 Å². The maximum Gasteiger partial charge on any atom is 0.158 e. The number of nitrogens with zero attached hydrogens (tertiary/aromatic N) is 3. The van der Waals surface area contributed by atoms with Crippen molar-refractivity contribution in [1.82, 2.24) is 15.2 Å². The lowest BCUT2D eigenvalue weighted by molar-refractivity contribution is 0.0853. The van der Waals surface area contributed by atoms with Crippen molar-refractivity contribution in [3.05, 3.63) is 17.3 Å². The van der Waals surface area contributed by atoms with E-state index in [1.165, 1.54) is 31.5 Å². The summed E-state index contributed by atoms with van der Waals surface area (Å²) in [5, 5.41) is 6.74. The van der Waals surface area contributed by atoms with Gasteiger partial charge in [0.05, 0.1) is 11.6 Å². The third-order valence-corrected chi connectivity index (χ3v) is 6.83. The predicted octanol–water partition coefficient (Wildman–Crippen LogP) is 2.61. The SMILES string of the molecule is C=NC(=NC1CCC(N2CCNCC2)CC1)c1c(C2CCOCC2)c[nH]c1NC. The molecule has 3 aliphatic rings. The number of ether oxygens (including phenoxy) is 1. The zero-order valence-electron chi connectivity index (χ0n) is 17.8. The fraction of sp³-hybridized carbons (Fsp3) is 0.727. The van der Waals surface area contributed by atoms with Gasteiger partial charge in [-0.05, 0) is 56.7 Å². The molecule has 0 unspecified atom stereocenters. The summed E-state index contributed by atoms with van der Waals surface area (Å²) in [5.74, 6) is 2.28. The van der Waals surface area contributed by atoms with E-state index in [-0.39, 0.29) is 0 Å². The van der Waals surface area contributed by atoms with Crippen molar-refractivity contribution in [2.45, 2.75) is 56.5 Å². The molecule has 7 nitrogen and oxygen atoms in total. The molecule has 3 N–H and O–H groups in total. The first-order valence-corrected chi connectivity index (χ1v) is 11.3. The van der Waals surface area contributed by atoms with Crippen molar-refractivity contribution in [3.63, 3.8) is 0 Å². The van der Waals surface area contributed by atoms with Crippen LogP contribution in [-0.2, 0) is 4.74 Å². The molecule has 1 aromatic rings. The molecule has 1 aromatic heterocycles. The van der Waals surface area contributed by atoms with Gasteiger partial charge in [0, 0.05) is 58.7 Å². The predicted molar refractivity (Wildman–Crippen MR) is 120 cm³/mol. The first-order valence-electron chi connectivity index (χ1n) is 11.3. The summed E-state index contributed by atoms with van der Waals surface area (Å²) in [6.07, 6.45) is 8.97. The second kappa shape index (κ2) is 9.87. The number of aromatic amines is 1. The maximum absolute atomic E-state index is 5.56. The van der Waals surface area contributed by atoms with Crippen LogP contribution in [0.1, 0.15) is 55.6 Å². The second-order valence-electron chi connectivity index (χ2n) is 8.49. The average Bonchev–Trinajstić information content (AvgIpc) is 3.23. The summed E-state index contributed by atoms with van der Waals surface area (Å²) < 4.78 is 5.56. The van der Waals surface area contributed by atoms with Crippen molar-refractivity contribution in [1.29, 1.82) is 0 Å². The molecule has 3 heterocycles. The van der Waals surface area contributed by atoms with Crippen LogP contribution in [-0.4, -0.2) is 81.0 Å². The first kappa shape index (κ1) is 20.6. The number of piperazine rings is 1. The molecule has 7 heteroatoms. The number of aromatic nitrogens is 1. The zero-order chi connectivity index (χ0) is 20.1. The minimum Gasteiger partial charge on any atom is -0.381 e. The van der Waals surface area contributed by atoms with Gasteiger partial charge in [-0.3, -0.25) is 9.89 Å². The minimum absolute atomic E-state index is 0.344. The van der Waals surface area contributed by atoms with Crippen LogP contribution in [0, 0.1) is 0 Å². The highest BCUT2D eigenvalue weighted by molar-refractivity contribution is 6.06. The second-order valence-corrected chi connectivity index (χ2v) is 8.49. The number of aliphatic imine (C=N–C) groups is 2. The van der Waals surface area contributed by atoms with Gasteiger partial charge in [-0.15, -0.1) is 0 Å². The Morgan fingerprint density at radius 1 is 1.14 bits per heavy atom. The highest BCUT2D eigenvalue weighted by atomic mass is 16.5.